The molecule has 0 N–H and O–H groups in total. The molecule has 0 bridgehead atoms. The van der Waals surface area contributed by atoms with E-state index in [2.05, 4.69) is 42.5 Å². The maximum Gasteiger partial charge on any atom is 0.223 e. The zero-order valence-electron chi connectivity index (χ0n) is 13.6. The first kappa shape index (κ1) is 14.9. The van der Waals surface area contributed by atoms with Gasteiger partial charge in [0.2, 0.25) is 5.85 Å². The van der Waals surface area contributed by atoms with Crippen LogP contribution in [0.25, 0.3) is 0 Å². The van der Waals surface area contributed by atoms with E-state index in [1.54, 1.807) is 0 Å². The topological polar surface area (TPSA) is 12.5 Å². The Morgan fingerprint density at radius 2 is 1.65 bits per heavy atom. The van der Waals surface area contributed by atoms with Gasteiger partial charge in [0.15, 0.2) is 0 Å². The number of halogens is 1. The first-order valence-corrected chi connectivity index (χ1v) is 8.23. The fourth-order valence-electron chi connectivity index (χ4n) is 4.16. The molecule has 2 aromatic carbocycles. The van der Waals surface area contributed by atoms with Crippen LogP contribution in [0.4, 0.5) is 4.39 Å². The van der Waals surface area contributed by atoms with Gasteiger partial charge < -0.3 is 9.64 Å². The van der Waals surface area contributed by atoms with E-state index in [1.165, 1.54) is 16.7 Å². The molecule has 2 aromatic rings. The fraction of sp³-hybridized carbons (Fsp3) is 0.400. The van der Waals surface area contributed by atoms with Crippen LogP contribution < -0.4 is 0 Å². The standard InChI is InChI=1S/C20H22FNO/c1-22(2)13-20(21)12-18-16-9-5-3-7-14(16)11-15-8-4-6-10-17(15)19(18)23-20/h3-10,18-19H,11-13H2,1-2H3. The lowest BCUT2D eigenvalue weighted by atomic mass is 9.87. The summed E-state index contributed by atoms with van der Waals surface area (Å²) in [5, 5.41) is 0. The summed E-state index contributed by atoms with van der Waals surface area (Å²) >= 11 is 0. The van der Waals surface area contributed by atoms with Gasteiger partial charge in [-0.2, -0.15) is 0 Å². The molecule has 3 heteroatoms. The van der Waals surface area contributed by atoms with Crippen molar-refractivity contribution in [3.05, 3.63) is 70.8 Å². The van der Waals surface area contributed by atoms with Crippen LogP contribution in [0.2, 0.25) is 0 Å². The molecule has 120 valence electrons. The number of hydrogen-bond donors (Lipinski definition) is 0. The fourth-order valence-corrected chi connectivity index (χ4v) is 4.16. The molecule has 3 unspecified atom stereocenters. The van der Waals surface area contributed by atoms with Gasteiger partial charge in [0.1, 0.15) is 0 Å². The van der Waals surface area contributed by atoms with Crippen LogP contribution in [-0.4, -0.2) is 31.4 Å². The molecule has 0 radical (unpaired) electrons. The molecule has 2 nitrogen and oxygen atoms in total. The number of fused-ring (bicyclic) bond motifs is 5. The molecule has 1 saturated heterocycles. The van der Waals surface area contributed by atoms with Crippen molar-refractivity contribution >= 4 is 0 Å². The molecule has 4 rings (SSSR count). The Morgan fingerprint density at radius 3 is 2.35 bits per heavy atom. The van der Waals surface area contributed by atoms with Gasteiger partial charge in [0, 0.05) is 12.3 Å². The van der Waals surface area contributed by atoms with Gasteiger partial charge in [-0.05, 0) is 42.8 Å². The van der Waals surface area contributed by atoms with Gasteiger partial charge in [0.05, 0.1) is 12.6 Å². The lowest BCUT2D eigenvalue weighted by Crippen LogP contribution is -2.35. The highest BCUT2D eigenvalue weighted by Gasteiger charge is 2.50. The zero-order chi connectivity index (χ0) is 16.0. The van der Waals surface area contributed by atoms with Crippen molar-refractivity contribution in [1.82, 2.24) is 4.90 Å². The largest absolute Gasteiger partial charge is 0.336 e. The second kappa shape index (κ2) is 5.43. The highest BCUT2D eigenvalue weighted by atomic mass is 19.2. The van der Waals surface area contributed by atoms with Gasteiger partial charge in [-0.15, -0.1) is 0 Å². The van der Waals surface area contributed by atoms with Crippen LogP contribution in [0.3, 0.4) is 0 Å². The maximum atomic E-state index is 15.3. The van der Waals surface area contributed by atoms with Crippen LogP contribution in [0.15, 0.2) is 48.5 Å². The molecule has 1 aliphatic carbocycles. The van der Waals surface area contributed by atoms with Gasteiger partial charge in [-0.3, -0.25) is 0 Å². The molecular formula is C20H22FNO. The molecule has 1 aliphatic heterocycles. The predicted molar refractivity (Wildman–Crippen MR) is 89.3 cm³/mol. The van der Waals surface area contributed by atoms with E-state index < -0.39 is 5.85 Å². The van der Waals surface area contributed by atoms with Gasteiger partial charge >= 0.3 is 0 Å². The van der Waals surface area contributed by atoms with E-state index in [4.69, 9.17) is 4.74 Å². The zero-order valence-corrected chi connectivity index (χ0v) is 13.6. The first-order valence-electron chi connectivity index (χ1n) is 8.23. The third-order valence-electron chi connectivity index (χ3n) is 4.98. The first-order chi connectivity index (χ1) is 11.1. The molecular weight excluding hydrogens is 289 g/mol. The summed E-state index contributed by atoms with van der Waals surface area (Å²) < 4.78 is 21.3. The Balaban J connectivity index is 1.82. The van der Waals surface area contributed by atoms with Crippen LogP contribution in [0.1, 0.15) is 40.7 Å². The smallest absolute Gasteiger partial charge is 0.223 e. The summed E-state index contributed by atoms with van der Waals surface area (Å²) in [5.74, 6) is -1.50. The summed E-state index contributed by atoms with van der Waals surface area (Å²) in [6.07, 6.45) is 1.12. The van der Waals surface area contributed by atoms with E-state index >= 15 is 4.39 Å². The Hall–Kier alpha value is -1.71. The molecule has 3 atom stereocenters. The number of benzene rings is 2. The SMILES string of the molecule is CN(C)CC1(F)CC2c3ccccc3Cc3ccccc3C2O1. The number of ether oxygens (including phenoxy) is 1. The Labute approximate surface area is 136 Å². The normalized spacial score (nSPS) is 28.9. The Bertz CT molecular complexity index is 674. The van der Waals surface area contributed by atoms with Crippen LogP contribution in [-0.2, 0) is 11.2 Å². The van der Waals surface area contributed by atoms with Gasteiger partial charge in [0.25, 0.3) is 0 Å². The second-order valence-electron chi connectivity index (χ2n) is 7.04. The summed E-state index contributed by atoms with van der Waals surface area (Å²) in [5.41, 5.74) is 4.94. The molecule has 0 amide bonds. The van der Waals surface area contributed by atoms with E-state index in [-0.39, 0.29) is 12.0 Å². The van der Waals surface area contributed by atoms with Crippen molar-refractivity contribution in [1.29, 1.82) is 0 Å². The average Bonchev–Trinajstić information content (AvgIpc) is 2.78. The molecule has 0 saturated carbocycles. The molecule has 23 heavy (non-hydrogen) atoms. The maximum absolute atomic E-state index is 15.3. The number of rotatable bonds is 2. The number of hydrogen-bond acceptors (Lipinski definition) is 2. The summed E-state index contributed by atoms with van der Waals surface area (Å²) in [4.78, 5) is 1.86. The predicted octanol–water partition coefficient (Wildman–Crippen LogP) is 4.06. The van der Waals surface area contributed by atoms with Crippen molar-refractivity contribution in [3.63, 3.8) is 0 Å². The molecule has 2 aliphatic rings. The highest BCUT2D eigenvalue weighted by Crippen LogP contribution is 2.53. The average molecular weight is 311 g/mol. The van der Waals surface area contributed by atoms with Crippen molar-refractivity contribution in [2.75, 3.05) is 20.6 Å². The number of nitrogens with zero attached hydrogens (tertiary/aromatic N) is 1. The van der Waals surface area contributed by atoms with Crippen molar-refractivity contribution in [2.45, 2.75) is 30.7 Å². The molecule has 1 heterocycles. The second-order valence-corrected chi connectivity index (χ2v) is 7.04. The molecule has 0 aromatic heterocycles. The van der Waals surface area contributed by atoms with Crippen molar-refractivity contribution < 1.29 is 9.13 Å². The van der Waals surface area contributed by atoms with Crippen LogP contribution >= 0.6 is 0 Å². The third-order valence-corrected chi connectivity index (χ3v) is 4.98. The third kappa shape index (κ3) is 2.58. The summed E-state index contributed by atoms with van der Waals surface area (Å²) in [6, 6.07) is 16.7. The lowest BCUT2D eigenvalue weighted by Gasteiger charge is -2.24. The molecule has 1 fully saturated rings. The van der Waals surface area contributed by atoms with E-state index in [0.29, 0.717) is 13.0 Å². The minimum atomic E-state index is -1.59. The molecule has 0 spiro atoms. The van der Waals surface area contributed by atoms with Gasteiger partial charge in [-0.25, -0.2) is 4.39 Å². The van der Waals surface area contributed by atoms with E-state index in [9.17, 15) is 0 Å². The minimum Gasteiger partial charge on any atom is -0.336 e. The quantitative estimate of drug-likeness (QED) is 0.829. The van der Waals surface area contributed by atoms with Crippen LogP contribution in [0.5, 0.6) is 0 Å². The Morgan fingerprint density at radius 1 is 1.04 bits per heavy atom. The summed E-state index contributed by atoms with van der Waals surface area (Å²) in [7, 11) is 3.78. The Kier molecular flexibility index (Phi) is 3.51. The van der Waals surface area contributed by atoms with Crippen molar-refractivity contribution in [3.8, 4) is 0 Å². The van der Waals surface area contributed by atoms with E-state index in [0.717, 1.165) is 12.0 Å². The van der Waals surface area contributed by atoms with Crippen LogP contribution in [0, 0.1) is 0 Å². The number of alkyl halides is 1. The monoisotopic (exact) mass is 311 g/mol. The lowest BCUT2D eigenvalue weighted by molar-refractivity contribution is -0.145. The highest BCUT2D eigenvalue weighted by molar-refractivity contribution is 5.45. The minimum absolute atomic E-state index is 0.0831. The van der Waals surface area contributed by atoms with Crippen molar-refractivity contribution in [2.24, 2.45) is 0 Å². The number of likely N-dealkylation sites (N-methyl/N-ethyl adjacent to an activating group) is 1. The van der Waals surface area contributed by atoms with Gasteiger partial charge in [-0.1, -0.05) is 48.5 Å². The van der Waals surface area contributed by atoms with E-state index in [1.807, 2.05) is 25.1 Å². The summed E-state index contributed by atoms with van der Waals surface area (Å²) in [6.45, 7) is 0.296.